The van der Waals surface area contributed by atoms with Crippen LogP contribution in [0.4, 0.5) is 5.82 Å². The van der Waals surface area contributed by atoms with E-state index in [1.165, 1.54) is 4.88 Å². The second-order valence-electron chi connectivity index (χ2n) is 6.22. The molecular weight excluding hydrogens is 320 g/mol. The highest BCUT2D eigenvalue weighted by Crippen LogP contribution is 2.19. The topological polar surface area (TPSA) is 57.3 Å². The van der Waals surface area contributed by atoms with Crippen LogP contribution in [-0.2, 0) is 11.3 Å². The molecule has 3 heterocycles. The van der Waals surface area contributed by atoms with Crippen molar-refractivity contribution in [2.24, 2.45) is 5.92 Å². The first kappa shape index (κ1) is 16.9. The van der Waals surface area contributed by atoms with Crippen molar-refractivity contribution in [2.75, 3.05) is 25.0 Å². The molecule has 1 aliphatic heterocycles. The van der Waals surface area contributed by atoms with Gasteiger partial charge in [0, 0.05) is 24.2 Å². The number of hydrogen-bond acceptors (Lipinski definition) is 5. The SMILES string of the molecule is C[C@@H](C(=O)NCc1cccs1)N1CC[C@H](CNc2ccccn2)C1. The van der Waals surface area contributed by atoms with E-state index in [0.29, 0.717) is 12.5 Å². The van der Waals surface area contributed by atoms with Crippen LogP contribution in [0.1, 0.15) is 18.2 Å². The van der Waals surface area contributed by atoms with Crippen LogP contribution in [0.25, 0.3) is 0 Å². The summed E-state index contributed by atoms with van der Waals surface area (Å²) < 4.78 is 0. The molecule has 5 nitrogen and oxygen atoms in total. The fraction of sp³-hybridized carbons (Fsp3) is 0.444. The first-order valence-corrected chi connectivity index (χ1v) is 9.29. The van der Waals surface area contributed by atoms with Gasteiger partial charge in [0.1, 0.15) is 5.82 Å². The molecule has 3 rings (SSSR count). The summed E-state index contributed by atoms with van der Waals surface area (Å²) in [6.45, 7) is 5.45. The van der Waals surface area contributed by atoms with Gasteiger partial charge in [0.2, 0.25) is 5.91 Å². The van der Waals surface area contributed by atoms with Crippen molar-refractivity contribution in [2.45, 2.75) is 25.9 Å². The van der Waals surface area contributed by atoms with Crippen LogP contribution in [-0.4, -0.2) is 41.5 Å². The normalized spacial score (nSPS) is 19.1. The molecule has 0 aliphatic carbocycles. The highest BCUT2D eigenvalue weighted by atomic mass is 32.1. The second-order valence-corrected chi connectivity index (χ2v) is 7.25. The molecule has 0 bridgehead atoms. The Morgan fingerprint density at radius 2 is 2.33 bits per heavy atom. The first-order valence-electron chi connectivity index (χ1n) is 8.41. The molecule has 1 saturated heterocycles. The molecule has 0 aromatic carbocycles. The second kappa shape index (κ2) is 8.26. The number of anilines is 1. The predicted octanol–water partition coefficient (Wildman–Crippen LogP) is 2.58. The summed E-state index contributed by atoms with van der Waals surface area (Å²) >= 11 is 1.67. The summed E-state index contributed by atoms with van der Waals surface area (Å²) in [6.07, 6.45) is 2.91. The quantitative estimate of drug-likeness (QED) is 0.811. The Bertz CT molecular complexity index is 632. The molecule has 0 unspecified atom stereocenters. The maximum absolute atomic E-state index is 12.3. The first-order chi connectivity index (χ1) is 11.7. The lowest BCUT2D eigenvalue weighted by Gasteiger charge is -2.23. The summed E-state index contributed by atoms with van der Waals surface area (Å²) in [4.78, 5) is 20.1. The van der Waals surface area contributed by atoms with Crippen molar-refractivity contribution in [3.05, 3.63) is 46.8 Å². The number of rotatable bonds is 7. The lowest BCUT2D eigenvalue weighted by atomic mass is 10.1. The van der Waals surface area contributed by atoms with E-state index in [1.807, 2.05) is 42.6 Å². The smallest absolute Gasteiger partial charge is 0.237 e. The Balaban J connectivity index is 1.41. The minimum absolute atomic E-state index is 0.0789. The molecule has 128 valence electrons. The van der Waals surface area contributed by atoms with Gasteiger partial charge < -0.3 is 10.6 Å². The van der Waals surface area contributed by atoms with E-state index in [2.05, 4.69) is 20.5 Å². The standard InChI is InChI=1S/C18H24N4OS/c1-14(18(23)21-12-16-5-4-10-24-16)22-9-7-15(13-22)11-20-17-6-2-3-8-19-17/h2-6,8,10,14-15H,7,9,11-13H2,1H3,(H,19,20)(H,21,23)/t14-,15+/m0/s1. The molecule has 6 heteroatoms. The van der Waals surface area contributed by atoms with Gasteiger partial charge in [-0.25, -0.2) is 4.98 Å². The zero-order valence-electron chi connectivity index (χ0n) is 13.9. The monoisotopic (exact) mass is 344 g/mol. The minimum atomic E-state index is -0.0789. The number of pyridine rings is 1. The van der Waals surface area contributed by atoms with Gasteiger partial charge in [-0.15, -0.1) is 11.3 Å². The molecule has 2 aromatic rings. The lowest BCUT2D eigenvalue weighted by molar-refractivity contribution is -0.125. The molecule has 0 spiro atoms. The predicted molar refractivity (Wildman–Crippen MR) is 98.0 cm³/mol. The zero-order chi connectivity index (χ0) is 16.8. The molecule has 0 radical (unpaired) electrons. The van der Waals surface area contributed by atoms with Crippen LogP contribution < -0.4 is 10.6 Å². The van der Waals surface area contributed by atoms with E-state index in [4.69, 9.17) is 0 Å². The minimum Gasteiger partial charge on any atom is -0.370 e. The highest BCUT2D eigenvalue weighted by Gasteiger charge is 2.29. The van der Waals surface area contributed by atoms with Crippen molar-refractivity contribution < 1.29 is 4.79 Å². The molecule has 2 aromatic heterocycles. The Morgan fingerprint density at radius 3 is 3.08 bits per heavy atom. The summed E-state index contributed by atoms with van der Waals surface area (Å²) in [6, 6.07) is 9.85. The van der Waals surface area contributed by atoms with Crippen LogP contribution in [0, 0.1) is 5.92 Å². The van der Waals surface area contributed by atoms with Crippen LogP contribution in [0.3, 0.4) is 0 Å². The van der Waals surface area contributed by atoms with Gasteiger partial charge in [-0.3, -0.25) is 9.69 Å². The molecule has 2 atom stereocenters. The van der Waals surface area contributed by atoms with Gasteiger partial charge in [0.05, 0.1) is 12.6 Å². The molecule has 2 N–H and O–H groups in total. The van der Waals surface area contributed by atoms with Gasteiger partial charge >= 0.3 is 0 Å². The summed E-state index contributed by atoms with van der Waals surface area (Å²) in [5.74, 6) is 1.58. The number of thiophene rings is 1. The van der Waals surface area contributed by atoms with Crippen LogP contribution in [0.5, 0.6) is 0 Å². The number of aromatic nitrogens is 1. The number of carbonyl (C=O) groups is 1. The fourth-order valence-electron chi connectivity index (χ4n) is 3.00. The fourth-order valence-corrected chi connectivity index (χ4v) is 3.64. The van der Waals surface area contributed by atoms with Gasteiger partial charge in [0.25, 0.3) is 0 Å². The number of nitrogens with zero attached hydrogens (tertiary/aromatic N) is 2. The molecule has 0 saturated carbocycles. The number of carbonyl (C=O) groups excluding carboxylic acids is 1. The number of likely N-dealkylation sites (tertiary alicyclic amines) is 1. The van der Waals surface area contributed by atoms with E-state index in [-0.39, 0.29) is 11.9 Å². The van der Waals surface area contributed by atoms with Gasteiger partial charge in [-0.05, 0) is 49.4 Å². The average molecular weight is 344 g/mol. The lowest BCUT2D eigenvalue weighted by Crippen LogP contribution is -2.44. The van der Waals surface area contributed by atoms with Crippen molar-refractivity contribution in [3.63, 3.8) is 0 Å². The van der Waals surface area contributed by atoms with Crippen LogP contribution in [0.15, 0.2) is 41.9 Å². The third kappa shape index (κ3) is 4.55. The Morgan fingerprint density at radius 1 is 1.42 bits per heavy atom. The Hall–Kier alpha value is -1.92. The van der Waals surface area contributed by atoms with Gasteiger partial charge in [0.15, 0.2) is 0 Å². The van der Waals surface area contributed by atoms with Gasteiger partial charge in [-0.2, -0.15) is 0 Å². The number of hydrogen-bond donors (Lipinski definition) is 2. The van der Waals surface area contributed by atoms with Gasteiger partial charge in [-0.1, -0.05) is 12.1 Å². The molecule has 1 aliphatic rings. The van der Waals surface area contributed by atoms with Crippen LogP contribution in [0.2, 0.25) is 0 Å². The Labute approximate surface area is 147 Å². The molecule has 1 fully saturated rings. The largest absolute Gasteiger partial charge is 0.370 e. The third-order valence-electron chi connectivity index (χ3n) is 4.50. The number of nitrogens with one attached hydrogen (secondary N) is 2. The van der Waals surface area contributed by atoms with E-state index >= 15 is 0 Å². The molecule has 24 heavy (non-hydrogen) atoms. The maximum atomic E-state index is 12.3. The van der Waals surface area contributed by atoms with E-state index in [1.54, 1.807) is 17.5 Å². The van der Waals surface area contributed by atoms with Crippen molar-refractivity contribution in [1.29, 1.82) is 0 Å². The van der Waals surface area contributed by atoms with Crippen molar-refractivity contribution >= 4 is 23.1 Å². The van der Waals surface area contributed by atoms with E-state index in [0.717, 1.165) is 31.9 Å². The summed E-state index contributed by atoms with van der Waals surface area (Å²) in [5.41, 5.74) is 0. The highest BCUT2D eigenvalue weighted by molar-refractivity contribution is 7.09. The summed E-state index contributed by atoms with van der Waals surface area (Å²) in [5, 5.41) is 8.45. The van der Waals surface area contributed by atoms with E-state index in [9.17, 15) is 4.79 Å². The van der Waals surface area contributed by atoms with E-state index < -0.39 is 0 Å². The third-order valence-corrected chi connectivity index (χ3v) is 5.37. The maximum Gasteiger partial charge on any atom is 0.237 e. The average Bonchev–Trinajstić information content (AvgIpc) is 3.30. The van der Waals surface area contributed by atoms with Crippen LogP contribution >= 0.6 is 11.3 Å². The van der Waals surface area contributed by atoms with Crippen molar-refractivity contribution in [1.82, 2.24) is 15.2 Å². The Kier molecular flexibility index (Phi) is 5.82. The number of amides is 1. The molecule has 1 amide bonds. The summed E-state index contributed by atoms with van der Waals surface area (Å²) in [7, 11) is 0. The zero-order valence-corrected chi connectivity index (χ0v) is 14.8. The molecular formula is C18H24N4OS. The van der Waals surface area contributed by atoms with Crippen molar-refractivity contribution in [3.8, 4) is 0 Å².